The second-order valence-electron chi connectivity index (χ2n) is 15.8. The minimum Gasteiger partial charge on any atom is -0.479 e. The van der Waals surface area contributed by atoms with Crippen LogP contribution in [0.3, 0.4) is 0 Å². The fourth-order valence-electron chi connectivity index (χ4n) is 8.48. The molecule has 1 aliphatic heterocycles. The average molecular weight is 823 g/mol. The molecule has 3 aromatic carbocycles. The van der Waals surface area contributed by atoms with Gasteiger partial charge in [0.25, 0.3) is 0 Å². The number of hydrogen-bond acceptors (Lipinski definition) is 9. The first-order chi connectivity index (χ1) is 28.9. The van der Waals surface area contributed by atoms with Crippen molar-refractivity contribution in [3.63, 3.8) is 0 Å². The van der Waals surface area contributed by atoms with Crippen LogP contribution in [0.4, 0.5) is 0 Å². The van der Waals surface area contributed by atoms with E-state index in [2.05, 4.69) is 5.32 Å². The van der Waals surface area contributed by atoms with E-state index in [4.69, 9.17) is 4.74 Å². The Balaban J connectivity index is 1.33. The van der Waals surface area contributed by atoms with Crippen LogP contribution in [-0.2, 0) is 40.1 Å². The van der Waals surface area contributed by atoms with Crippen molar-refractivity contribution >= 4 is 46.9 Å². The van der Waals surface area contributed by atoms with Gasteiger partial charge in [0, 0.05) is 56.0 Å². The quantitative estimate of drug-likeness (QED) is 0.0731. The van der Waals surface area contributed by atoms with E-state index < -0.39 is 89.8 Å². The number of ketones is 4. The fraction of sp³-hybridized carbons (Fsp3) is 0.447. The predicted molar refractivity (Wildman–Crippen MR) is 220 cm³/mol. The number of aromatic carboxylic acids is 1. The number of nitrogens with one attached hydrogen (secondary N) is 1. The van der Waals surface area contributed by atoms with Gasteiger partial charge in [-0.25, -0.2) is 9.59 Å². The number of carboxylic acid groups (broad SMARTS) is 2. The summed E-state index contributed by atoms with van der Waals surface area (Å²) in [5.41, 5.74) is 1.10. The van der Waals surface area contributed by atoms with Crippen molar-refractivity contribution < 1.29 is 53.3 Å². The molecule has 5 rings (SSSR count). The molecule has 1 saturated carbocycles. The molecule has 318 valence electrons. The van der Waals surface area contributed by atoms with Gasteiger partial charge in [-0.2, -0.15) is 0 Å². The van der Waals surface area contributed by atoms with Gasteiger partial charge >= 0.3 is 11.9 Å². The Morgan fingerprint density at radius 3 is 2.05 bits per heavy atom. The molecule has 1 heterocycles. The summed E-state index contributed by atoms with van der Waals surface area (Å²) < 4.78 is 6.26. The van der Waals surface area contributed by atoms with Gasteiger partial charge in [-0.15, -0.1) is 0 Å². The summed E-state index contributed by atoms with van der Waals surface area (Å²) in [5.74, 6) is -8.26. The molecule has 2 fully saturated rings. The highest BCUT2D eigenvalue weighted by Crippen LogP contribution is 2.37. The number of benzene rings is 3. The molecule has 3 N–H and O–H groups in total. The molecule has 0 bridgehead atoms. The van der Waals surface area contributed by atoms with Crippen molar-refractivity contribution in [2.45, 2.75) is 109 Å². The molecular formula is C47H54N2O11. The van der Waals surface area contributed by atoms with Crippen molar-refractivity contribution in [2.75, 3.05) is 6.54 Å². The molecule has 0 aromatic heterocycles. The SMILES string of the molecule is CCCC(CC(=O)[C@@H]1C[C@@H](OCc2ccccc2)CN1C(=O)C(CC(=O)c1ccccc1C(=O)O)C1CCCCC1)C(=O)C(=O)CCC(=O)NC(C(=O)O)c1ccccc1. The number of hydrogen-bond donors (Lipinski definition) is 3. The molecule has 1 saturated heterocycles. The van der Waals surface area contributed by atoms with Crippen molar-refractivity contribution in [1.29, 1.82) is 0 Å². The van der Waals surface area contributed by atoms with Gasteiger partial charge in [0.15, 0.2) is 23.4 Å². The van der Waals surface area contributed by atoms with Gasteiger partial charge < -0.3 is 25.2 Å². The number of amides is 2. The number of carboxylic acids is 2. The number of Topliss-reactive ketones (excluding diaryl/α,β-unsaturated/α-hetero) is 4. The van der Waals surface area contributed by atoms with Crippen LogP contribution in [-0.4, -0.2) is 80.7 Å². The van der Waals surface area contributed by atoms with Gasteiger partial charge in [-0.1, -0.05) is 111 Å². The number of likely N-dealkylation sites (tertiary alicyclic amines) is 1. The highest BCUT2D eigenvalue weighted by atomic mass is 16.5. The van der Waals surface area contributed by atoms with Crippen LogP contribution < -0.4 is 5.32 Å². The van der Waals surface area contributed by atoms with Crippen molar-refractivity contribution in [1.82, 2.24) is 10.2 Å². The second kappa shape index (κ2) is 22.0. The summed E-state index contributed by atoms with van der Waals surface area (Å²) in [6, 6.07) is 21.0. The van der Waals surface area contributed by atoms with Crippen LogP contribution in [0.15, 0.2) is 84.9 Å². The number of carbonyl (C=O) groups excluding carboxylic acids is 6. The lowest BCUT2D eigenvalue weighted by atomic mass is 9.76. The standard InChI is InChI=1S/C47H54N2O11/c1-2-14-33(44(54)39(50)23-24-42(53)48-43(47(58)59)32-19-10-5-11-20-32)25-41(52)38-26-34(60-29-30-15-6-3-7-16-30)28-49(38)45(55)37(31-17-8-4-9-18-31)27-40(51)35-21-12-13-22-36(35)46(56)57/h3,5-7,10-13,15-16,19-22,31,33-34,37-38,43H,2,4,8-9,14,17-18,23-29H2,1H3,(H,48,53)(H,56,57)(H,58,59)/t33?,34-,37?,38+,43?/m1/s1. The zero-order chi connectivity index (χ0) is 43.2. The Bertz CT molecular complexity index is 2010. The van der Waals surface area contributed by atoms with Gasteiger partial charge in [0.05, 0.1) is 24.3 Å². The maximum Gasteiger partial charge on any atom is 0.336 e. The van der Waals surface area contributed by atoms with E-state index in [1.807, 2.05) is 37.3 Å². The van der Waals surface area contributed by atoms with Gasteiger partial charge in [-0.05, 0) is 42.4 Å². The Labute approximate surface area is 349 Å². The summed E-state index contributed by atoms with van der Waals surface area (Å²) in [4.78, 5) is 108. The van der Waals surface area contributed by atoms with E-state index in [1.165, 1.54) is 23.1 Å². The third-order valence-electron chi connectivity index (χ3n) is 11.6. The minimum absolute atomic E-state index is 0.0118. The number of aliphatic carboxylic acids is 1. The molecule has 5 atom stereocenters. The molecule has 13 heteroatoms. The van der Waals surface area contributed by atoms with E-state index in [0.717, 1.165) is 24.8 Å². The normalized spacial score (nSPS) is 18.2. The van der Waals surface area contributed by atoms with Crippen LogP contribution in [0.1, 0.15) is 122 Å². The number of nitrogens with zero attached hydrogens (tertiary/aromatic N) is 1. The van der Waals surface area contributed by atoms with Crippen molar-refractivity contribution in [2.24, 2.45) is 17.8 Å². The molecule has 3 aromatic rings. The second-order valence-corrected chi connectivity index (χ2v) is 15.8. The van der Waals surface area contributed by atoms with E-state index >= 15 is 0 Å². The van der Waals surface area contributed by atoms with Gasteiger partial charge in [0.2, 0.25) is 17.6 Å². The number of rotatable bonds is 22. The Morgan fingerprint density at radius 2 is 1.42 bits per heavy atom. The van der Waals surface area contributed by atoms with E-state index in [9.17, 15) is 48.6 Å². The zero-order valence-electron chi connectivity index (χ0n) is 34.0. The maximum absolute atomic E-state index is 14.8. The number of ether oxygens (including phenoxy) is 1. The smallest absolute Gasteiger partial charge is 0.336 e. The molecule has 13 nitrogen and oxygen atoms in total. The van der Waals surface area contributed by atoms with Crippen LogP contribution in [0, 0.1) is 17.8 Å². The largest absolute Gasteiger partial charge is 0.479 e. The molecule has 3 unspecified atom stereocenters. The molecule has 0 radical (unpaired) electrons. The van der Waals surface area contributed by atoms with Crippen LogP contribution in [0.25, 0.3) is 0 Å². The third-order valence-corrected chi connectivity index (χ3v) is 11.6. The minimum atomic E-state index is -1.34. The van der Waals surface area contributed by atoms with Crippen LogP contribution >= 0.6 is 0 Å². The summed E-state index contributed by atoms with van der Waals surface area (Å²) in [5, 5.41) is 21.9. The molecule has 60 heavy (non-hydrogen) atoms. The lowest BCUT2D eigenvalue weighted by Gasteiger charge is -2.34. The zero-order valence-corrected chi connectivity index (χ0v) is 34.0. The van der Waals surface area contributed by atoms with E-state index in [0.29, 0.717) is 24.8 Å². The van der Waals surface area contributed by atoms with Crippen LogP contribution in [0.5, 0.6) is 0 Å². The highest BCUT2D eigenvalue weighted by Gasteiger charge is 2.45. The van der Waals surface area contributed by atoms with E-state index in [-0.39, 0.29) is 55.9 Å². The molecule has 0 spiro atoms. The average Bonchev–Trinajstić information content (AvgIpc) is 3.70. The van der Waals surface area contributed by atoms with Gasteiger partial charge in [-0.3, -0.25) is 28.8 Å². The topological polar surface area (TPSA) is 202 Å². The highest BCUT2D eigenvalue weighted by molar-refractivity contribution is 6.38. The first-order valence-corrected chi connectivity index (χ1v) is 20.9. The maximum atomic E-state index is 14.8. The predicted octanol–water partition coefficient (Wildman–Crippen LogP) is 6.58. The molecule has 2 amide bonds. The van der Waals surface area contributed by atoms with E-state index in [1.54, 1.807) is 36.4 Å². The van der Waals surface area contributed by atoms with Crippen molar-refractivity contribution in [3.05, 3.63) is 107 Å². The summed E-state index contributed by atoms with van der Waals surface area (Å²) in [7, 11) is 0. The lowest BCUT2D eigenvalue weighted by Crippen LogP contribution is -2.47. The first-order valence-electron chi connectivity index (χ1n) is 20.9. The summed E-state index contributed by atoms with van der Waals surface area (Å²) in [6.07, 6.45) is 2.88. The summed E-state index contributed by atoms with van der Waals surface area (Å²) in [6.45, 7) is 2.10. The third kappa shape index (κ3) is 12.1. The fourth-order valence-corrected chi connectivity index (χ4v) is 8.48. The monoisotopic (exact) mass is 822 g/mol. The molecule has 2 aliphatic rings. The molecular weight excluding hydrogens is 769 g/mol. The van der Waals surface area contributed by atoms with Crippen molar-refractivity contribution in [3.8, 4) is 0 Å². The molecule has 1 aliphatic carbocycles. The Hall–Kier alpha value is -5.82. The lowest BCUT2D eigenvalue weighted by molar-refractivity contribution is -0.144. The van der Waals surface area contributed by atoms with Crippen LogP contribution in [0.2, 0.25) is 0 Å². The Kier molecular flexibility index (Phi) is 16.6. The summed E-state index contributed by atoms with van der Waals surface area (Å²) >= 11 is 0. The first kappa shape index (κ1) is 45.3. The Morgan fingerprint density at radius 1 is 0.783 bits per heavy atom. The number of carbonyl (C=O) groups is 8. The van der Waals surface area contributed by atoms with Gasteiger partial charge in [0.1, 0.15) is 0 Å².